The third kappa shape index (κ3) is 3.53. The number of urea groups is 1. The van der Waals surface area contributed by atoms with Crippen LogP contribution in [0.4, 0.5) is 18.0 Å². The Bertz CT molecular complexity index is 1020. The van der Waals surface area contributed by atoms with Crippen LogP contribution in [0.5, 0.6) is 0 Å². The number of alkyl halides is 3. The standard InChI is InChI=1S/C22H20F3N3O2/c1-27-17-13-28(12-11-14-7-3-2-4-8-14)20(29)18(17)19(26-21(27)30)15-9-5-6-10-16(15)22(23,24)25/h2-10,19H,11-13H2,1H3,(H,26,30)/t19-/m1/s1. The molecule has 0 radical (unpaired) electrons. The zero-order valence-electron chi connectivity index (χ0n) is 16.2. The van der Waals surface area contributed by atoms with Gasteiger partial charge in [-0.25, -0.2) is 4.79 Å². The molecule has 0 aliphatic carbocycles. The highest BCUT2D eigenvalue weighted by Crippen LogP contribution is 2.41. The molecular weight excluding hydrogens is 395 g/mol. The van der Waals surface area contributed by atoms with Crippen molar-refractivity contribution in [3.05, 3.63) is 82.6 Å². The molecule has 1 N–H and O–H groups in total. The molecule has 5 nitrogen and oxygen atoms in total. The van der Waals surface area contributed by atoms with Crippen molar-refractivity contribution in [1.82, 2.24) is 15.1 Å². The van der Waals surface area contributed by atoms with Gasteiger partial charge in [-0.1, -0.05) is 48.5 Å². The lowest BCUT2D eigenvalue weighted by atomic mass is 9.92. The fraction of sp³-hybridized carbons (Fsp3) is 0.273. The molecule has 156 valence electrons. The number of nitrogens with zero attached hydrogens (tertiary/aromatic N) is 2. The van der Waals surface area contributed by atoms with Gasteiger partial charge in [-0.15, -0.1) is 0 Å². The van der Waals surface area contributed by atoms with Crippen molar-refractivity contribution >= 4 is 11.9 Å². The zero-order valence-corrected chi connectivity index (χ0v) is 16.2. The molecule has 0 unspecified atom stereocenters. The summed E-state index contributed by atoms with van der Waals surface area (Å²) in [5, 5.41) is 2.57. The summed E-state index contributed by atoms with van der Waals surface area (Å²) in [5.74, 6) is -0.352. The van der Waals surface area contributed by atoms with E-state index in [2.05, 4.69) is 5.32 Å². The van der Waals surface area contributed by atoms with Crippen molar-refractivity contribution < 1.29 is 22.8 Å². The molecule has 0 bridgehead atoms. The first kappa shape index (κ1) is 20.0. The fourth-order valence-electron chi connectivity index (χ4n) is 3.95. The molecule has 2 aliphatic rings. The van der Waals surface area contributed by atoms with E-state index < -0.39 is 23.8 Å². The molecule has 1 atom stereocenters. The van der Waals surface area contributed by atoms with Crippen molar-refractivity contribution in [2.75, 3.05) is 20.1 Å². The second-order valence-corrected chi connectivity index (χ2v) is 7.35. The normalized spacial score (nSPS) is 19.3. The first-order valence-electron chi connectivity index (χ1n) is 9.54. The van der Waals surface area contributed by atoms with E-state index in [1.807, 2.05) is 30.3 Å². The van der Waals surface area contributed by atoms with Crippen molar-refractivity contribution in [1.29, 1.82) is 0 Å². The fourth-order valence-corrected chi connectivity index (χ4v) is 3.95. The monoisotopic (exact) mass is 415 g/mol. The van der Waals surface area contributed by atoms with Gasteiger partial charge in [-0.3, -0.25) is 9.69 Å². The van der Waals surface area contributed by atoms with Crippen molar-refractivity contribution in [3.8, 4) is 0 Å². The van der Waals surface area contributed by atoms with Gasteiger partial charge in [0, 0.05) is 13.6 Å². The van der Waals surface area contributed by atoms with Crippen LogP contribution in [0.1, 0.15) is 22.7 Å². The van der Waals surface area contributed by atoms with Gasteiger partial charge < -0.3 is 10.2 Å². The number of likely N-dealkylation sites (N-methyl/N-ethyl adjacent to an activating group) is 1. The molecule has 2 aliphatic heterocycles. The number of amides is 3. The lowest BCUT2D eigenvalue weighted by Gasteiger charge is -2.32. The van der Waals surface area contributed by atoms with Gasteiger partial charge in [0.1, 0.15) is 0 Å². The van der Waals surface area contributed by atoms with E-state index in [4.69, 9.17) is 0 Å². The van der Waals surface area contributed by atoms with Crippen LogP contribution >= 0.6 is 0 Å². The SMILES string of the molecule is CN1C(=O)N[C@H](c2ccccc2C(F)(F)F)C2=C1CN(CCc1ccccc1)C2=O. The number of hydrogen-bond acceptors (Lipinski definition) is 2. The molecule has 2 aromatic carbocycles. The Labute approximate surface area is 171 Å². The van der Waals surface area contributed by atoms with Crippen molar-refractivity contribution in [2.45, 2.75) is 18.6 Å². The van der Waals surface area contributed by atoms with E-state index in [1.165, 1.54) is 30.1 Å². The number of benzene rings is 2. The Balaban J connectivity index is 1.66. The molecule has 0 aromatic heterocycles. The van der Waals surface area contributed by atoms with Crippen molar-refractivity contribution in [2.24, 2.45) is 0 Å². The van der Waals surface area contributed by atoms with E-state index >= 15 is 0 Å². The Hall–Kier alpha value is -3.29. The maximum atomic E-state index is 13.6. The van der Waals surface area contributed by atoms with Crippen LogP contribution in [0.2, 0.25) is 0 Å². The summed E-state index contributed by atoms with van der Waals surface area (Å²) >= 11 is 0. The number of halogens is 3. The Morgan fingerprint density at radius 3 is 2.40 bits per heavy atom. The maximum absolute atomic E-state index is 13.6. The molecule has 0 fully saturated rings. The lowest BCUT2D eigenvalue weighted by Crippen LogP contribution is -2.45. The quantitative estimate of drug-likeness (QED) is 0.827. The van der Waals surface area contributed by atoms with Crippen LogP contribution in [0.25, 0.3) is 0 Å². The molecule has 0 saturated heterocycles. The molecule has 3 amide bonds. The maximum Gasteiger partial charge on any atom is 0.416 e. The summed E-state index contributed by atoms with van der Waals surface area (Å²) in [4.78, 5) is 28.5. The second-order valence-electron chi connectivity index (χ2n) is 7.35. The number of carbonyl (C=O) groups excluding carboxylic acids is 2. The number of carbonyl (C=O) groups is 2. The van der Waals surface area contributed by atoms with Crippen LogP contribution < -0.4 is 5.32 Å². The van der Waals surface area contributed by atoms with Gasteiger partial charge in [-0.2, -0.15) is 13.2 Å². The molecular formula is C22H20F3N3O2. The second kappa shape index (κ2) is 7.51. The first-order valence-corrected chi connectivity index (χ1v) is 9.54. The Kier molecular flexibility index (Phi) is 5.01. The van der Waals surface area contributed by atoms with Crippen molar-refractivity contribution in [3.63, 3.8) is 0 Å². The Morgan fingerprint density at radius 2 is 1.70 bits per heavy atom. The minimum atomic E-state index is -4.60. The van der Waals surface area contributed by atoms with Crippen LogP contribution in [-0.2, 0) is 17.4 Å². The zero-order chi connectivity index (χ0) is 21.5. The highest BCUT2D eigenvalue weighted by atomic mass is 19.4. The molecule has 2 heterocycles. The number of nitrogens with one attached hydrogen (secondary N) is 1. The van der Waals surface area contributed by atoms with E-state index in [0.717, 1.165) is 11.6 Å². The molecule has 2 aromatic rings. The molecule has 0 saturated carbocycles. The summed E-state index contributed by atoms with van der Waals surface area (Å²) in [6.45, 7) is 0.598. The van der Waals surface area contributed by atoms with E-state index in [0.29, 0.717) is 18.7 Å². The number of hydrogen-bond donors (Lipinski definition) is 1. The van der Waals surface area contributed by atoms with Crippen LogP contribution in [0, 0.1) is 0 Å². The molecule has 30 heavy (non-hydrogen) atoms. The summed E-state index contributed by atoms with van der Waals surface area (Å²) in [7, 11) is 1.52. The molecule has 4 rings (SSSR count). The summed E-state index contributed by atoms with van der Waals surface area (Å²) in [5.41, 5.74) is 0.705. The van der Waals surface area contributed by atoms with Gasteiger partial charge in [0.2, 0.25) is 0 Å². The van der Waals surface area contributed by atoms with Crippen LogP contribution in [0.15, 0.2) is 65.9 Å². The predicted octanol–water partition coefficient (Wildman–Crippen LogP) is 3.74. The molecule has 0 spiro atoms. The number of rotatable bonds is 4. The predicted molar refractivity (Wildman–Crippen MR) is 104 cm³/mol. The minimum absolute atomic E-state index is 0.128. The summed E-state index contributed by atoms with van der Waals surface area (Å²) in [6, 6.07) is 13.0. The van der Waals surface area contributed by atoms with Gasteiger partial charge in [-0.05, 0) is 23.6 Å². The largest absolute Gasteiger partial charge is 0.416 e. The average molecular weight is 415 g/mol. The van der Waals surface area contributed by atoms with Gasteiger partial charge in [0.25, 0.3) is 5.91 Å². The van der Waals surface area contributed by atoms with E-state index in [-0.39, 0.29) is 23.6 Å². The summed E-state index contributed by atoms with van der Waals surface area (Å²) < 4.78 is 40.7. The van der Waals surface area contributed by atoms with Gasteiger partial charge in [0.15, 0.2) is 0 Å². The molecule has 8 heteroatoms. The van der Waals surface area contributed by atoms with Gasteiger partial charge in [0.05, 0.1) is 29.4 Å². The highest BCUT2D eigenvalue weighted by Gasteiger charge is 2.45. The van der Waals surface area contributed by atoms with E-state index in [9.17, 15) is 22.8 Å². The van der Waals surface area contributed by atoms with Crippen LogP contribution in [0.3, 0.4) is 0 Å². The lowest BCUT2D eigenvalue weighted by molar-refractivity contribution is -0.138. The topological polar surface area (TPSA) is 52.7 Å². The smallest absolute Gasteiger partial charge is 0.333 e. The first-order chi connectivity index (χ1) is 14.3. The minimum Gasteiger partial charge on any atom is -0.333 e. The average Bonchev–Trinajstić information content (AvgIpc) is 3.06. The third-order valence-electron chi connectivity index (χ3n) is 5.53. The highest BCUT2D eigenvalue weighted by molar-refractivity contribution is 6.01. The summed E-state index contributed by atoms with van der Waals surface area (Å²) in [6.07, 6.45) is -3.98. The Morgan fingerprint density at radius 1 is 1.03 bits per heavy atom. The third-order valence-corrected chi connectivity index (χ3v) is 5.53. The van der Waals surface area contributed by atoms with Crippen LogP contribution in [-0.4, -0.2) is 41.9 Å². The van der Waals surface area contributed by atoms with Gasteiger partial charge >= 0.3 is 12.2 Å². The van der Waals surface area contributed by atoms with E-state index in [1.54, 1.807) is 4.90 Å².